The summed E-state index contributed by atoms with van der Waals surface area (Å²) in [6, 6.07) is 0. The summed E-state index contributed by atoms with van der Waals surface area (Å²) in [5, 5.41) is 10.4. The number of alkyl carbamates (subject to hydrolysis) is 1. The van der Waals surface area contributed by atoms with Crippen LogP contribution < -0.4 is 21.8 Å². The van der Waals surface area contributed by atoms with Crippen LogP contribution in [0, 0.1) is 0 Å². The predicted octanol–water partition coefficient (Wildman–Crippen LogP) is -1.04. The van der Waals surface area contributed by atoms with Crippen LogP contribution in [0.2, 0.25) is 0 Å². The molecule has 0 fully saturated rings. The van der Waals surface area contributed by atoms with E-state index in [1.807, 2.05) is 5.10 Å². The molecule has 10 heteroatoms. The number of aromatic nitrogens is 3. The molecule has 0 saturated carbocycles. The van der Waals surface area contributed by atoms with Gasteiger partial charge in [0.05, 0.1) is 6.54 Å². The molecule has 2 amide bonds. The van der Waals surface area contributed by atoms with Crippen molar-refractivity contribution in [3.05, 3.63) is 27.0 Å². The van der Waals surface area contributed by atoms with Gasteiger partial charge >= 0.3 is 17.2 Å². The van der Waals surface area contributed by atoms with Gasteiger partial charge in [0.15, 0.2) is 0 Å². The molecule has 1 aromatic heterocycles. The summed E-state index contributed by atoms with van der Waals surface area (Å²) in [5.41, 5.74) is -2.12. The Hall–Kier alpha value is -2.65. The molecule has 0 atom stereocenters. The number of carbonyl (C=O) groups excluding carboxylic acids is 2. The Morgan fingerprint density at radius 3 is 2.65 bits per heavy atom. The Morgan fingerprint density at radius 1 is 1.30 bits per heavy atom. The van der Waals surface area contributed by atoms with Crippen molar-refractivity contribution in [3.63, 3.8) is 0 Å². The molecule has 0 aliphatic rings. The maximum absolute atomic E-state index is 11.5. The first-order valence-corrected chi connectivity index (χ1v) is 7.07. The van der Waals surface area contributed by atoms with Crippen LogP contribution >= 0.6 is 0 Å². The second kappa shape index (κ2) is 8.11. The standard InChI is InChI=1S/C13H21N5O5/c1-13(2,3)23-12(22)15-7-9(19)14-5-4-6-18-8-16-17-10(20)11(18)21/h8H,4-7H2,1-3H3,(H,14,19)(H,15,22)(H,17,20). The van der Waals surface area contributed by atoms with Crippen molar-refractivity contribution in [1.29, 1.82) is 0 Å². The highest BCUT2D eigenvalue weighted by Gasteiger charge is 2.16. The fourth-order valence-corrected chi connectivity index (χ4v) is 1.55. The molecular formula is C13H21N5O5. The van der Waals surface area contributed by atoms with Gasteiger partial charge in [-0.05, 0) is 27.2 Å². The molecule has 1 heterocycles. The van der Waals surface area contributed by atoms with E-state index >= 15 is 0 Å². The topological polar surface area (TPSA) is 135 Å². The van der Waals surface area contributed by atoms with Gasteiger partial charge < -0.3 is 15.4 Å². The summed E-state index contributed by atoms with van der Waals surface area (Å²) in [7, 11) is 0. The highest BCUT2D eigenvalue weighted by molar-refractivity contribution is 5.82. The summed E-state index contributed by atoms with van der Waals surface area (Å²) in [6.07, 6.45) is 0.979. The van der Waals surface area contributed by atoms with E-state index < -0.39 is 22.8 Å². The molecule has 0 aliphatic heterocycles. The summed E-state index contributed by atoms with van der Waals surface area (Å²) < 4.78 is 6.15. The Balaban J connectivity index is 2.24. The normalized spacial score (nSPS) is 10.9. The Labute approximate surface area is 132 Å². The maximum Gasteiger partial charge on any atom is 0.408 e. The van der Waals surface area contributed by atoms with Crippen molar-refractivity contribution >= 4 is 12.0 Å². The van der Waals surface area contributed by atoms with Crippen LogP contribution in [0.15, 0.2) is 15.9 Å². The van der Waals surface area contributed by atoms with Gasteiger partial charge in [-0.15, -0.1) is 0 Å². The zero-order valence-electron chi connectivity index (χ0n) is 13.3. The Kier molecular flexibility index (Phi) is 6.49. The summed E-state index contributed by atoms with van der Waals surface area (Å²) in [5.74, 6) is -0.382. The van der Waals surface area contributed by atoms with Crippen LogP contribution in [0.25, 0.3) is 0 Å². The maximum atomic E-state index is 11.5. The molecule has 128 valence electrons. The van der Waals surface area contributed by atoms with Crippen molar-refractivity contribution in [1.82, 2.24) is 25.4 Å². The van der Waals surface area contributed by atoms with E-state index in [1.54, 1.807) is 20.8 Å². The van der Waals surface area contributed by atoms with Crippen LogP contribution in [0.1, 0.15) is 27.2 Å². The Bertz CT molecular complexity index is 658. The summed E-state index contributed by atoms with van der Waals surface area (Å²) in [6.45, 7) is 5.49. The first-order chi connectivity index (χ1) is 10.7. The minimum absolute atomic E-state index is 0.207. The number of H-pyrrole nitrogens is 1. The molecule has 0 aliphatic carbocycles. The van der Waals surface area contributed by atoms with Gasteiger partial charge in [-0.1, -0.05) is 0 Å². The fourth-order valence-electron chi connectivity index (χ4n) is 1.55. The minimum atomic E-state index is -0.793. The van der Waals surface area contributed by atoms with E-state index in [1.165, 1.54) is 6.33 Å². The minimum Gasteiger partial charge on any atom is -0.444 e. The highest BCUT2D eigenvalue weighted by atomic mass is 16.6. The van der Waals surface area contributed by atoms with Crippen LogP contribution in [0.3, 0.4) is 0 Å². The summed E-state index contributed by atoms with van der Waals surface area (Å²) in [4.78, 5) is 45.4. The lowest BCUT2D eigenvalue weighted by atomic mass is 10.2. The molecule has 1 rings (SSSR count). The molecule has 3 N–H and O–H groups in total. The van der Waals surface area contributed by atoms with Crippen LogP contribution in [0.4, 0.5) is 4.79 Å². The van der Waals surface area contributed by atoms with Crippen molar-refractivity contribution in [3.8, 4) is 0 Å². The lowest BCUT2D eigenvalue weighted by Crippen LogP contribution is -2.40. The number of hydrogen-bond donors (Lipinski definition) is 3. The third kappa shape index (κ3) is 7.25. The second-order valence-corrected chi connectivity index (χ2v) is 5.74. The third-order valence-corrected chi connectivity index (χ3v) is 2.51. The average Bonchev–Trinajstić information content (AvgIpc) is 2.44. The molecule has 23 heavy (non-hydrogen) atoms. The number of hydrogen-bond acceptors (Lipinski definition) is 6. The van der Waals surface area contributed by atoms with Gasteiger partial charge in [0.2, 0.25) is 5.91 Å². The zero-order chi connectivity index (χ0) is 17.5. The number of aromatic amines is 1. The molecular weight excluding hydrogens is 306 g/mol. The van der Waals surface area contributed by atoms with E-state index in [-0.39, 0.29) is 25.5 Å². The molecule has 0 spiro atoms. The summed E-state index contributed by atoms with van der Waals surface area (Å²) >= 11 is 0. The molecule has 0 unspecified atom stereocenters. The van der Waals surface area contributed by atoms with E-state index in [2.05, 4.69) is 15.7 Å². The molecule has 10 nitrogen and oxygen atoms in total. The van der Waals surface area contributed by atoms with Crippen LogP contribution in [-0.4, -0.2) is 45.5 Å². The van der Waals surface area contributed by atoms with Crippen molar-refractivity contribution in [2.75, 3.05) is 13.1 Å². The smallest absolute Gasteiger partial charge is 0.408 e. The SMILES string of the molecule is CC(C)(C)OC(=O)NCC(=O)NCCCn1cn[nH]c(=O)c1=O. The zero-order valence-corrected chi connectivity index (χ0v) is 13.3. The highest BCUT2D eigenvalue weighted by Crippen LogP contribution is 2.05. The van der Waals surface area contributed by atoms with Crippen molar-refractivity contribution < 1.29 is 14.3 Å². The third-order valence-electron chi connectivity index (χ3n) is 2.51. The lowest BCUT2D eigenvalue weighted by molar-refractivity contribution is -0.120. The number of ether oxygens (including phenoxy) is 1. The number of rotatable bonds is 6. The first kappa shape index (κ1) is 18.4. The van der Waals surface area contributed by atoms with Crippen molar-refractivity contribution in [2.24, 2.45) is 0 Å². The largest absolute Gasteiger partial charge is 0.444 e. The van der Waals surface area contributed by atoms with E-state index in [4.69, 9.17) is 4.74 Å². The number of nitrogens with zero attached hydrogens (tertiary/aromatic N) is 2. The monoisotopic (exact) mass is 327 g/mol. The molecule has 1 aromatic rings. The average molecular weight is 327 g/mol. The number of aryl methyl sites for hydroxylation is 1. The molecule has 0 saturated heterocycles. The van der Waals surface area contributed by atoms with E-state index in [0.29, 0.717) is 6.42 Å². The Morgan fingerprint density at radius 2 is 2.00 bits per heavy atom. The van der Waals surface area contributed by atoms with Gasteiger partial charge in [-0.3, -0.25) is 19.0 Å². The van der Waals surface area contributed by atoms with Gasteiger partial charge in [-0.25, -0.2) is 9.89 Å². The number of nitrogens with one attached hydrogen (secondary N) is 3. The number of carbonyl (C=O) groups is 2. The number of amides is 2. The van der Waals surface area contributed by atoms with Crippen LogP contribution in [-0.2, 0) is 16.1 Å². The van der Waals surface area contributed by atoms with Crippen molar-refractivity contribution in [2.45, 2.75) is 39.3 Å². The van der Waals surface area contributed by atoms with Gasteiger partial charge in [0.25, 0.3) is 0 Å². The van der Waals surface area contributed by atoms with E-state index in [0.717, 1.165) is 4.57 Å². The predicted molar refractivity (Wildman–Crippen MR) is 81.0 cm³/mol. The van der Waals surface area contributed by atoms with Gasteiger partial charge in [0, 0.05) is 13.1 Å². The van der Waals surface area contributed by atoms with E-state index in [9.17, 15) is 19.2 Å². The van der Waals surface area contributed by atoms with Gasteiger partial charge in [0.1, 0.15) is 11.9 Å². The molecule has 0 aromatic carbocycles. The van der Waals surface area contributed by atoms with Crippen LogP contribution in [0.5, 0.6) is 0 Å². The second-order valence-electron chi connectivity index (χ2n) is 5.74. The first-order valence-electron chi connectivity index (χ1n) is 7.07. The molecule has 0 radical (unpaired) electrons. The quantitative estimate of drug-likeness (QED) is 0.451. The fraction of sp³-hybridized carbons (Fsp3) is 0.615. The molecule has 0 bridgehead atoms. The lowest BCUT2D eigenvalue weighted by Gasteiger charge is -2.19. The van der Waals surface area contributed by atoms with Gasteiger partial charge in [-0.2, -0.15) is 5.10 Å².